The van der Waals surface area contributed by atoms with E-state index in [-0.39, 0.29) is 16.9 Å². The molecule has 0 aliphatic rings. The van der Waals surface area contributed by atoms with Gasteiger partial charge in [0.2, 0.25) is 0 Å². The third-order valence-electron chi connectivity index (χ3n) is 3.38. The molecule has 2 aromatic carbocycles. The fraction of sp³-hybridized carbons (Fsp3) is 0.182. The summed E-state index contributed by atoms with van der Waals surface area (Å²) < 4.78 is 76.3. The third-order valence-corrected chi connectivity index (χ3v) is 3.38. The Morgan fingerprint density at radius 3 is 2.11 bits per heavy atom. The van der Waals surface area contributed by atoms with Crippen molar-refractivity contribution in [2.75, 3.05) is 21.3 Å². The molecule has 0 aliphatic carbocycles. The Labute approximate surface area is 174 Å². The van der Waals surface area contributed by atoms with E-state index in [0.717, 1.165) is 18.2 Å². The second kappa shape index (κ2) is 9.97. The van der Waals surface area contributed by atoms with Gasteiger partial charge in [0.15, 0.2) is 34.6 Å². The van der Waals surface area contributed by atoms with Gasteiger partial charge in [-0.2, -0.15) is 0 Å². The number of phenols is 1. The second-order valence-corrected chi connectivity index (χ2v) is 5.23. The summed E-state index contributed by atoms with van der Waals surface area (Å²) in [5.41, 5.74) is -0.113. The summed E-state index contributed by atoms with van der Waals surface area (Å²) in [6.07, 6.45) is -2.30. The van der Waals surface area contributed by atoms with Crippen LogP contribution in [0.1, 0.15) is 28.5 Å². The lowest BCUT2D eigenvalue weighted by Crippen LogP contribution is -2.01. The van der Waals surface area contributed by atoms with Crippen LogP contribution >= 0.6 is 0 Å². The van der Waals surface area contributed by atoms with Crippen LogP contribution in [0.15, 0.2) is 48.5 Å². The van der Waals surface area contributed by atoms with Crippen molar-refractivity contribution in [1.82, 2.24) is 0 Å². The van der Waals surface area contributed by atoms with Crippen LogP contribution in [0.4, 0.5) is 0 Å². The molecule has 0 radical (unpaired) electrons. The van der Waals surface area contributed by atoms with Gasteiger partial charge in [0.1, 0.15) is 0 Å². The Morgan fingerprint density at radius 1 is 0.964 bits per heavy atom. The van der Waals surface area contributed by atoms with Crippen LogP contribution in [0.3, 0.4) is 0 Å². The van der Waals surface area contributed by atoms with Crippen LogP contribution in [0.5, 0.6) is 23.0 Å². The zero-order valence-electron chi connectivity index (χ0n) is 23.0. The molecule has 28 heavy (non-hydrogen) atoms. The molecule has 2 rings (SSSR count). The van der Waals surface area contributed by atoms with E-state index in [1.807, 2.05) is 0 Å². The maximum absolute atomic E-state index is 12.6. The highest BCUT2D eigenvalue weighted by atomic mass is 16.5. The minimum atomic E-state index is -2.92. The molecular weight excluding hydrogens is 360 g/mol. The van der Waals surface area contributed by atoms with Gasteiger partial charge >= 0.3 is 0 Å². The van der Waals surface area contributed by atoms with Gasteiger partial charge < -0.3 is 19.3 Å². The lowest BCUT2D eigenvalue weighted by Gasteiger charge is -2.07. The highest BCUT2D eigenvalue weighted by molar-refractivity contribution is 6.10. The van der Waals surface area contributed by atoms with Gasteiger partial charge in [0.05, 0.1) is 37.2 Å². The van der Waals surface area contributed by atoms with Crippen LogP contribution in [0.2, 0.25) is 0 Å². The van der Waals surface area contributed by atoms with Gasteiger partial charge in [-0.05, 0) is 47.5 Å². The summed E-state index contributed by atoms with van der Waals surface area (Å²) >= 11 is 0. The average Bonchev–Trinajstić information content (AvgIpc) is 2.85. The molecule has 0 bridgehead atoms. The Morgan fingerprint density at radius 2 is 1.54 bits per heavy atom. The zero-order chi connectivity index (χ0) is 27.4. The predicted molar refractivity (Wildman–Crippen MR) is 107 cm³/mol. The van der Waals surface area contributed by atoms with Gasteiger partial charge in [-0.25, -0.2) is 0 Å². The van der Waals surface area contributed by atoms with Crippen LogP contribution < -0.4 is 14.2 Å². The van der Waals surface area contributed by atoms with Crippen molar-refractivity contribution in [3.8, 4) is 23.0 Å². The minimum absolute atomic E-state index is 0.0827. The first-order valence-electron chi connectivity index (χ1n) is 11.9. The molecule has 0 aliphatic heterocycles. The lowest BCUT2D eigenvalue weighted by atomic mass is 10.1. The smallest absolute Gasteiger partial charge is 0.163 e. The van der Waals surface area contributed by atoms with Crippen molar-refractivity contribution in [2.45, 2.75) is 6.40 Å². The van der Waals surface area contributed by atoms with Gasteiger partial charge in [-0.3, -0.25) is 9.59 Å². The summed E-state index contributed by atoms with van der Waals surface area (Å²) in [5, 5.41) is 9.76. The Bertz CT molecular complexity index is 1240. The van der Waals surface area contributed by atoms with Gasteiger partial charge in [-0.15, -0.1) is 0 Å². The van der Waals surface area contributed by atoms with Crippen LogP contribution in [-0.2, 0) is 9.59 Å². The maximum atomic E-state index is 12.6. The van der Waals surface area contributed by atoms with Gasteiger partial charge in [0.25, 0.3) is 0 Å². The topological polar surface area (TPSA) is 82.1 Å². The molecule has 0 saturated carbocycles. The fourth-order valence-corrected chi connectivity index (χ4v) is 2.05. The average molecular weight is 390 g/mol. The molecule has 0 saturated heterocycles. The molecule has 1 unspecified atom stereocenters. The number of hydrogen-bond donors (Lipinski definition) is 1. The first kappa shape index (κ1) is 12.0. The number of benzene rings is 2. The number of allylic oxidation sites excluding steroid dienone is 2. The van der Waals surface area contributed by atoms with Crippen LogP contribution in [0.25, 0.3) is 12.1 Å². The standard InChI is InChI=1S/C22H22O6/c1-26-20-11-7-16(13-22(20)28-3)5-9-18(24)14-17(23)8-4-15-6-10-19(25)21(12-15)27-2/h4-13,25H,14H2,1-3H3/b8-4+,9-5+/i2D3,4D,5D,8D,9D,14D. The number of hydrogen-bond acceptors (Lipinski definition) is 6. The first-order valence-corrected chi connectivity index (χ1v) is 7.82. The second-order valence-electron chi connectivity index (χ2n) is 5.23. The third kappa shape index (κ3) is 5.74. The number of phenolic OH excluding ortho intramolecular Hbond substituents is 1. The van der Waals surface area contributed by atoms with Crippen molar-refractivity contribution < 1.29 is 39.9 Å². The number of aromatic hydroxyl groups is 1. The monoisotopic (exact) mass is 390 g/mol. The van der Waals surface area contributed by atoms with E-state index in [0.29, 0.717) is 5.75 Å². The van der Waals surface area contributed by atoms with Crippen molar-refractivity contribution in [1.29, 1.82) is 0 Å². The van der Waals surface area contributed by atoms with Crippen molar-refractivity contribution >= 4 is 23.7 Å². The van der Waals surface area contributed by atoms with E-state index in [2.05, 4.69) is 4.74 Å². The molecule has 0 spiro atoms. The van der Waals surface area contributed by atoms with Crippen LogP contribution in [0, 0.1) is 0 Å². The molecule has 1 N–H and O–H groups in total. The van der Waals surface area contributed by atoms with Crippen molar-refractivity contribution in [2.24, 2.45) is 0 Å². The molecule has 0 aromatic heterocycles. The van der Waals surface area contributed by atoms with E-state index in [4.69, 9.17) is 20.4 Å². The maximum Gasteiger partial charge on any atom is 0.163 e. The van der Waals surface area contributed by atoms with E-state index >= 15 is 0 Å². The Kier molecular flexibility index (Phi) is 4.28. The fourth-order valence-electron chi connectivity index (χ4n) is 2.05. The molecule has 2 aromatic rings. The molecule has 0 fully saturated rings. The largest absolute Gasteiger partial charge is 0.504 e. The molecule has 6 heteroatoms. The molecule has 0 heterocycles. The van der Waals surface area contributed by atoms with Crippen LogP contribution in [-0.4, -0.2) is 37.9 Å². The van der Waals surface area contributed by atoms with Gasteiger partial charge in [0, 0.05) is 1.37 Å². The summed E-state index contributed by atoms with van der Waals surface area (Å²) in [6, 6.07) is 3.78. The highest BCUT2D eigenvalue weighted by Crippen LogP contribution is 2.28. The molecule has 0 amide bonds. The molecule has 1 atom stereocenters. The summed E-state index contributed by atoms with van der Waals surface area (Å²) in [6.45, 7) is 0. The SMILES string of the molecule is [2H]/C(C(=O)C([2H])C(=O)/C([2H])=C(\[2H])c1ccc(OC)c(OC)c1)=C(/[2H])c1ccc(O)c(OC([2H])([2H])[2H])c1. The summed E-state index contributed by atoms with van der Waals surface area (Å²) in [7, 11) is -0.164. The van der Waals surface area contributed by atoms with Crippen molar-refractivity contribution in [3.63, 3.8) is 0 Å². The van der Waals surface area contributed by atoms with E-state index in [1.165, 1.54) is 32.4 Å². The number of carbonyl (C=O) groups is 2. The predicted octanol–water partition coefficient (Wildman–Crippen LogP) is 3.67. The zero-order valence-corrected chi connectivity index (χ0v) is 15.0. The van der Waals surface area contributed by atoms with E-state index in [1.54, 1.807) is 0 Å². The highest BCUT2D eigenvalue weighted by Gasteiger charge is 2.06. The summed E-state index contributed by atoms with van der Waals surface area (Å²) in [4.78, 5) is 25.2. The number of ether oxygens (including phenoxy) is 3. The number of rotatable bonds is 9. The number of ketones is 2. The molecule has 146 valence electrons. The Balaban J connectivity index is 2.36. The van der Waals surface area contributed by atoms with Crippen molar-refractivity contribution in [3.05, 3.63) is 59.6 Å². The minimum Gasteiger partial charge on any atom is -0.504 e. The Hall–Kier alpha value is -3.54. The number of carbonyl (C=O) groups excluding carboxylic acids is 2. The summed E-state index contributed by atoms with van der Waals surface area (Å²) in [5.74, 6) is -3.30. The molecule has 6 nitrogen and oxygen atoms in total. The number of methoxy groups -OCH3 is 3. The normalized spacial score (nSPS) is 18.1. The molecular formula is C22H22O6. The van der Waals surface area contributed by atoms with E-state index in [9.17, 15) is 14.7 Å². The van der Waals surface area contributed by atoms with Gasteiger partial charge in [-0.1, -0.05) is 24.2 Å². The lowest BCUT2D eigenvalue weighted by molar-refractivity contribution is -0.121. The quantitative estimate of drug-likeness (QED) is 0.520. The first-order chi connectivity index (χ1) is 16.7. The van der Waals surface area contributed by atoms with E-state index < -0.39 is 60.7 Å².